The first-order valence-corrected chi connectivity index (χ1v) is 12.0. The maximum atomic E-state index is 13.7. The highest BCUT2D eigenvalue weighted by molar-refractivity contribution is 5.99. The van der Waals surface area contributed by atoms with Crippen LogP contribution < -0.4 is 21.1 Å². The molecule has 2 unspecified atom stereocenters. The fraction of sp³-hybridized carbons (Fsp3) is 0.310. The maximum absolute atomic E-state index is 13.7. The van der Waals surface area contributed by atoms with Gasteiger partial charge in [-0.2, -0.15) is 0 Å². The molecular weight excluding hydrogens is 500 g/mol. The van der Waals surface area contributed by atoms with Crippen LogP contribution in [0.2, 0.25) is 0 Å². The number of ether oxygens (including phenoxy) is 2. The Labute approximate surface area is 228 Å². The highest BCUT2D eigenvalue weighted by Gasteiger charge is 2.36. The van der Waals surface area contributed by atoms with Crippen LogP contribution in [0.3, 0.4) is 0 Å². The van der Waals surface area contributed by atoms with Crippen LogP contribution in [0.25, 0.3) is 0 Å². The molecule has 2 aromatic carbocycles. The number of nitrogens with one attached hydrogen (secondary N) is 2. The van der Waals surface area contributed by atoms with E-state index in [4.69, 9.17) is 28.1 Å². The minimum absolute atomic E-state index is 0.172. The van der Waals surface area contributed by atoms with Crippen molar-refractivity contribution in [1.29, 1.82) is 0 Å². The van der Waals surface area contributed by atoms with Crippen molar-refractivity contribution in [1.82, 2.24) is 10.2 Å². The van der Waals surface area contributed by atoms with Gasteiger partial charge in [0.05, 0.1) is 7.11 Å². The molecule has 0 heterocycles. The van der Waals surface area contributed by atoms with E-state index in [-0.39, 0.29) is 12.8 Å². The first kappa shape index (κ1) is 30.3. The smallest absolute Gasteiger partial charge is 0.408 e. The lowest BCUT2D eigenvalue weighted by molar-refractivity contribution is -0.137. The number of rotatable bonds is 10. The number of primary amides is 1. The summed E-state index contributed by atoms with van der Waals surface area (Å²) in [6.45, 7) is 4.96. The molecule has 0 aromatic heterocycles. The SMILES string of the molecule is C#Cc1ccc(C(C(=O)Nc2ccc(OC)cc2)N(C#C)C(=O)C(CCC(N)=O)NC(=O)OC(C)(C)C)cc1. The number of nitrogens with two attached hydrogens (primary N) is 1. The quantitative estimate of drug-likeness (QED) is 0.318. The van der Waals surface area contributed by atoms with Crippen LogP contribution in [0, 0.1) is 24.8 Å². The fourth-order valence-electron chi connectivity index (χ4n) is 3.49. The Balaban J connectivity index is 2.47. The van der Waals surface area contributed by atoms with Gasteiger partial charge in [0.2, 0.25) is 5.91 Å². The zero-order valence-electron chi connectivity index (χ0n) is 22.3. The molecule has 4 N–H and O–H groups in total. The summed E-state index contributed by atoms with van der Waals surface area (Å²) in [4.78, 5) is 52.1. The number of hydrogen-bond acceptors (Lipinski definition) is 6. The molecule has 10 nitrogen and oxygen atoms in total. The average Bonchev–Trinajstić information content (AvgIpc) is 2.88. The highest BCUT2D eigenvalue weighted by Crippen LogP contribution is 2.25. The second-order valence-corrected chi connectivity index (χ2v) is 9.43. The number of terminal acetylenes is 2. The number of carbonyl (C=O) groups is 4. The van der Waals surface area contributed by atoms with Gasteiger partial charge in [0.15, 0.2) is 0 Å². The molecule has 2 atom stereocenters. The van der Waals surface area contributed by atoms with Crippen molar-refractivity contribution in [2.45, 2.75) is 51.3 Å². The lowest BCUT2D eigenvalue weighted by Crippen LogP contribution is -2.51. The summed E-state index contributed by atoms with van der Waals surface area (Å²) in [6, 6.07) is 12.5. The molecule has 0 aliphatic rings. The summed E-state index contributed by atoms with van der Waals surface area (Å²) >= 11 is 0. The monoisotopic (exact) mass is 532 g/mol. The number of anilines is 1. The van der Waals surface area contributed by atoms with Gasteiger partial charge in [-0.05, 0) is 69.2 Å². The Bertz CT molecular complexity index is 1270. The molecule has 0 saturated carbocycles. The summed E-state index contributed by atoms with van der Waals surface area (Å²) in [6.07, 6.45) is 9.90. The predicted molar refractivity (Wildman–Crippen MR) is 146 cm³/mol. The lowest BCUT2D eigenvalue weighted by Gasteiger charge is -2.30. The van der Waals surface area contributed by atoms with E-state index in [1.54, 1.807) is 69.3 Å². The number of alkyl carbamates (subject to hydrolysis) is 1. The Morgan fingerprint density at radius 1 is 1.03 bits per heavy atom. The first-order valence-electron chi connectivity index (χ1n) is 12.0. The third kappa shape index (κ3) is 9.13. The van der Waals surface area contributed by atoms with Crippen LogP contribution in [0.1, 0.15) is 50.8 Å². The molecule has 2 aromatic rings. The van der Waals surface area contributed by atoms with Crippen molar-refractivity contribution in [2.75, 3.05) is 12.4 Å². The highest BCUT2D eigenvalue weighted by atomic mass is 16.6. The van der Waals surface area contributed by atoms with E-state index in [0.29, 0.717) is 22.6 Å². The third-order valence-corrected chi connectivity index (χ3v) is 5.30. The molecule has 2 rings (SSSR count). The molecule has 0 radical (unpaired) electrons. The molecule has 39 heavy (non-hydrogen) atoms. The van der Waals surface area contributed by atoms with Crippen molar-refractivity contribution in [3.05, 3.63) is 59.7 Å². The van der Waals surface area contributed by atoms with Gasteiger partial charge in [0, 0.05) is 23.7 Å². The zero-order chi connectivity index (χ0) is 29.2. The van der Waals surface area contributed by atoms with Gasteiger partial charge >= 0.3 is 6.09 Å². The zero-order valence-corrected chi connectivity index (χ0v) is 22.3. The molecular formula is C29H32N4O6. The molecule has 10 heteroatoms. The lowest BCUT2D eigenvalue weighted by atomic mass is 10.0. The number of hydrogen-bond donors (Lipinski definition) is 3. The van der Waals surface area contributed by atoms with E-state index < -0.39 is 41.5 Å². The van der Waals surface area contributed by atoms with Gasteiger partial charge in [-0.1, -0.05) is 24.5 Å². The van der Waals surface area contributed by atoms with Gasteiger partial charge in [-0.3, -0.25) is 19.3 Å². The van der Waals surface area contributed by atoms with E-state index in [0.717, 1.165) is 4.90 Å². The van der Waals surface area contributed by atoms with Crippen molar-refractivity contribution >= 4 is 29.5 Å². The summed E-state index contributed by atoms with van der Waals surface area (Å²) in [5.74, 6) is 0.927. The second-order valence-electron chi connectivity index (χ2n) is 9.43. The number of carbonyl (C=O) groups excluding carboxylic acids is 4. The molecule has 0 aliphatic carbocycles. The second kappa shape index (κ2) is 13.5. The summed E-state index contributed by atoms with van der Waals surface area (Å²) in [7, 11) is 1.51. The third-order valence-electron chi connectivity index (χ3n) is 5.30. The van der Waals surface area contributed by atoms with E-state index in [2.05, 4.69) is 22.6 Å². The molecule has 204 valence electrons. The van der Waals surface area contributed by atoms with Crippen molar-refractivity contribution in [2.24, 2.45) is 5.73 Å². The van der Waals surface area contributed by atoms with Crippen LogP contribution in [-0.4, -0.2) is 47.5 Å². The number of methoxy groups -OCH3 is 1. The van der Waals surface area contributed by atoms with Crippen molar-refractivity contribution < 1.29 is 28.7 Å². The van der Waals surface area contributed by atoms with E-state index >= 15 is 0 Å². The van der Waals surface area contributed by atoms with Crippen LogP contribution in [-0.2, 0) is 19.1 Å². The van der Waals surface area contributed by atoms with Gasteiger partial charge in [0.25, 0.3) is 11.8 Å². The molecule has 0 spiro atoms. The average molecular weight is 533 g/mol. The largest absolute Gasteiger partial charge is 0.497 e. The van der Waals surface area contributed by atoms with Crippen LogP contribution in [0.4, 0.5) is 10.5 Å². The standard InChI is InChI=1S/C29H32N4O6/c1-7-19-9-11-20(12-10-19)25(26(35)31-21-13-15-22(38-6)16-14-21)33(8-2)27(36)23(17-18-24(30)34)32-28(37)39-29(3,4)5/h1-2,9-16,23,25H,17-18H2,3-6H3,(H2,30,34)(H,31,35)(H,32,37). The van der Waals surface area contributed by atoms with Crippen molar-refractivity contribution in [3.63, 3.8) is 0 Å². The summed E-state index contributed by atoms with van der Waals surface area (Å²) < 4.78 is 10.4. The van der Waals surface area contributed by atoms with Gasteiger partial charge in [0.1, 0.15) is 23.4 Å². The van der Waals surface area contributed by atoms with Crippen LogP contribution >= 0.6 is 0 Å². The van der Waals surface area contributed by atoms with Crippen LogP contribution in [0.15, 0.2) is 48.5 Å². The topological polar surface area (TPSA) is 140 Å². The van der Waals surface area contributed by atoms with E-state index in [1.807, 2.05) is 0 Å². The summed E-state index contributed by atoms with van der Waals surface area (Å²) in [5, 5.41) is 5.18. The van der Waals surface area contributed by atoms with Gasteiger partial charge in [-0.15, -0.1) is 6.42 Å². The number of amides is 4. The minimum Gasteiger partial charge on any atom is -0.497 e. The normalized spacial score (nSPS) is 12.1. The van der Waals surface area contributed by atoms with E-state index in [1.165, 1.54) is 7.11 Å². The number of benzene rings is 2. The Hall–Kier alpha value is -4.96. The van der Waals surface area contributed by atoms with Crippen LogP contribution in [0.5, 0.6) is 5.75 Å². The maximum Gasteiger partial charge on any atom is 0.408 e. The minimum atomic E-state index is -1.33. The Kier molecular flexibility index (Phi) is 10.5. The molecule has 0 fully saturated rings. The van der Waals surface area contributed by atoms with E-state index in [9.17, 15) is 19.2 Å². The summed E-state index contributed by atoms with van der Waals surface area (Å²) in [5.41, 5.74) is 5.76. The van der Waals surface area contributed by atoms with Gasteiger partial charge in [-0.25, -0.2) is 4.79 Å². The Morgan fingerprint density at radius 3 is 2.13 bits per heavy atom. The molecule has 4 amide bonds. The Morgan fingerprint density at radius 2 is 1.64 bits per heavy atom. The molecule has 0 aliphatic heterocycles. The first-order chi connectivity index (χ1) is 18.4. The predicted octanol–water partition coefficient (Wildman–Crippen LogP) is 2.93. The van der Waals surface area contributed by atoms with Gasteiger partial charge < -0.3 is 25.8 Å². The number of nitrogens with zero attached hydrogens (tertiary/aromatic N) is 1. The fourth-order valence-corrected chi connectivity index (χ4v) is 3.49. The van der Waals surface area contributed by atoms with Crippen molar-refractivity contribution in [3.8, 4) is 30.6 Å². The molecule has 0 saturated heterocycles. The molecule has 0 bridgehead atoms.